The number of aliphatic hydroxyl groups is 2. The highest BCUT2D eigenvalue weighted by Crippen LogP contribution is 2.16. The van der Waals surface area contributed by atoms with Crippen LogP contribution in [0.3, 0.4) is 0 Å². The Morgan fingerprint density at radius 1 is 1.56 bits per heavy atom. The molecule has 0 spiro atoms. The molecule has 0 saturated carbocycles. The molecular weight excluding hydrogens is 306 g/mol. The van der Waals surface area contributed by atoms with Crippen LogP contribution in [0.1, 0.15) is 0 Å². The molecule has 8 heteroatoms. The predicted molar refractivity (Wildman–Crippen MR) is 69.7 cm³/mol. The van der Waals surface area contributed by atoms with Crippen LogP contribution >= 0.6 is 15.9 Å². The summed E-state index contributed by atoms with van der Waals surface area (Å²) in [6, 6.07) is -0.530. The Hall–Kier alpha value is -0.960. The highest BCUT2D eigenvalue weighted by Gasteiger charge is 2.12. The van der Waals surface area contributed by atoms with Gasteiger partial charge >= 0.3 is 0 Å². The molecule has 18 heavy (non-hydrogen) atoms. The van der Waals surface area contributed by atoms with Crippen LogP contribution in [-0.4, -0.2) is 53.0 Å². The van der Waals surface area contributed by atoms with Crippen LogP contribution in [0.2, 0.25) is 0 Å². The van der Waals surface area contributed by atoms with Crippen molar-refractivity contribution in [3.05, 3.63) is 21.0 Å². The van der Waals surface area contributed by atoms with Crippen molar-refractivity contribution < 1.29 is 14.9 Å². The van der Waals surface area contributed by atoms with E-state index in [0.29, 0.717) is 23.3 Å². The molecular formula is C10H16BrN3O4. The van der Waals surface area contributed by atoms with Gasteiger partial charge in [0.1, 0.15) is 4.47 Å². The molecule has 102 valence electrons. The van der Waals surface area contributed by atoms with Gasteiger partial charge in [0.05, 0.1) is 44.3 Å². The maximum absolute atomic E-state index is 11.9. The van der Waals surface area contributed by atoms with E-state index in [1.165, 1.54) is 10.9 Å². The van der Waals surface area contributed by atoms with E-state index in [1.54, 1.807) is 7.11 Å². The minimum atomic E-state index is -0.530. The summed E-state index contributed by atoms with van der Waals surface area (Å²) < 4.78 is 6.45. The molecule has 1 rings (SSSR count). The maximum Gasteiger partial charge on any atom is 0.283 e. The van der Waals surface area contributed by atoms with Crippen molar-refractivity contribution in [3.63, 3.8) is 0 Å². The molecule has 0 aliphatic rings. The van der Waals surface area contributed by atoms with Crippen molar-refractivity contribution in [1.29, 1.82) is 0 Å². The molecule has 0 unspecified atom stereocenters. The van der Waals surface area contributed by atoms with Crippen LogP contribution in [0.15, 0.2) is 15.5 Å². The summed E-state index contributed by atoms with van der Waals surface area (Å²) in [5.74, 6) is 0. The van der Waals surface area contributed by atoms with Gasteiger partial charge in [-0.3, -0.25) is 4.79 Å². The number of nitrogens with one attached hydrogen (secondary N) is 1. The standard InChI is InChI=1S/C10H16BrN3O4/c1-18-3-2-14-10(17)9(11)8(4-12-14)13-7(5-15)6-16/h4,7,13,15-16H,2-3,5-6H2,1H3. The predicted octanol–water partition coefficient (Wildman–Crippen LogP) is -0.583. The van der Waals surface area contributed by atoms with Gasteiger partial charge in [-0.05, 0) is 15.9 Å². The second kappa shape index (κ2) is 7.47. The average molecular weight is 322 g/mol. The molecule has 0 radical (unpaired) electrons. The van der Waals surface area contributed by atoms with Gasteiger partial charge in [0.15, 0.2) is 0 Å². The first kappa shape index (κ1) is 15.1. The largest absolute Gasteiger partial charge is 0.394 e. The summed E-state index contributed by atoms with van der Waals surface area (Å²) in [7, 11) is 1.54. The Morgan fingerprint density at radius 2 is 2.22 bits per heavy atom. The maximum atomic E-state index is 11.9. The van der Waals surface area contributed by atoms with Crippen molar-refractivity contribution in [3.8, 4) is 0 Å². The number of aliphatic hydroxyl groups excluding tert-OH is 2. The van der Waals surface area contributed by atoms with Crippen LogP contribution < -0.4 is 10.9 Å². The second-order valence-electron chi connectivity index (χ2n) is 3.60. The Bertz CT molecular complexity index is 434. The molecule has 1 aromatic rings. The monoisotopic (exact) mass is 321 g/mol. The zero-order valence-corrected chi connectivity index (χ0v) is 11.6. The molecule has 0 atom stereocenters. The lowest BCUT2D eigenvalue weighted by Crippen LogP contribution is -2.31. The first-order valence-electron chi connectivity index (χ1n) is 5.36. The minimum absolute atomic E-state index is 0.240. The van der Waals surface area contributed by atoms with Crippen LogP contribution in [0.5, 0.6) is 0 Å². The lowest BCUT2D eigenvalue weighted by molar-refractivity contribution is 0.181. The van der Waals surface area contributed by atoms with Crippen molar-refractivity contribution in [2.45, 2.75) is 12.6 Å². The number of hydrogen-bond acceptors (Lipinski definition) is 6. The number of nitrogens with zero attached hydrogens (tertiary/aromatic N) is 2. The summed E-state index contributed by atoms with van der Waals surface area (Å²) in [6.07, 6.45) is 1.46. The van der Waals surface area contributed by atoms with E-state index in [2.05, 4.69) is 26.3 Å². The molecule has 0 bridgehead atoms. The summed E-state index contributed by atoms with van der Waals surface area (Å²) in [4.78, 5) is 11.9. The van der Waals surface area contributed by atoms with Crippen molar-refractivity contribution in [2.75, 3.05) is 32.2 Å². The third-order valence-electron chi connectivity index (χ3n) is 2.29. The fraction of sp³-hybridized carbons (Fsp3) is 0.600. The first-order valence-corrected chi connectivity index (χ1v) is 6.16. The van der Waals surface area contributed by atoms with Crippen LogP contribution in [0.25, 0.3) is 0 Å². The van der Waals surface area contributed by atoms with E-state index in [-0.39, 0.29) is 18.8 Å². The van der Waals surface area contributed by atoms with E-state index in [1.807, 2.05) is 0 Å². The van der Waals surface area contributed by atoms with Crippen LogP contribution in [0, 0.1) is 0 Å². The average Bonchev–Trinajstić information content (AvgIpc) is 2.39. The fourth-order valence-electron chi connectivity index (χ4n) is 1.27. The van der Waals surface area contributed by atoms with E-state index in [9.17, 15) is 4.79 Å². The van der Waals surface area contributed by atoms with Gasteiger partial charge in [-0.15, -0.1) is 0 Å². The number of anilines is 1. The molecule has 1 heterocycles. The third kappa shape index (κ3) is 3.77. The van der Waals surface area contributed by atoms with Crippen molar-refractivity contribution >= 4 is 21.6 Å². The van der Waals surface area contributed by atoms with Crippen molar-refractivity contribution in [2.24, 2.45) is 0 Å². The molecule has 0 aliphatic carbocycles. The zero-order valence-electron chi connectivity index (χ0n) is 9.97. The lowest BCUT2D eigenvalue weighted by Gasteiger charge is -2.16. The van der Waals surface area contributed by atoms with Gasteiger partial charge < -0.3 is 20.3 Å². The van der Waals surface area contributed by atoms with E-state index in [4.69, 9.17) is 14.9 Å². The van der Waals surface area contributed by atoms with Gasteiger partial charge in [0.2, 0.25) is 0 Å². The number of ether oxygens (including phenoxy) is 1. The Morgan fingerprint density at radius 3 is 2.78 bits per heavy atom. The van der Waals surface area contributed by atoms with E-state index >= 15 is 0 Å². The van der Waals surface area contributed by atoms with Gasteiger partial charge in [0.25, 0.3) is 5.56 Å². The van der Waals surface area contributed by atoms with Crippen LogP contribution in [0.4, 0.5) is 5.69 Å². The molecule has 0 aromatic carbocycles. The first-order chi connectivity index (χ1) is 8.63. The SMILES string of the molecule is COCCn1ncc(NC(CO)CO)c(Br)c1=O. The molecule has 0 saturated heterocycles. The third-order valence-corrected chi connectivity index (χ3v) is 3.06. The number of methoxy groups -OCH3 is 1. The van der Waals surface area contributed by atoms with Gasteiger partial charge in [-0.2, -0.15) is 5.10 Å². The molecule has 0 aliphatic heterocycles. The highest BCUT2D eigenvalue weighted by molar-refractivity contribution is 9.10. The number of rotatable bonds is 7. The quantitative estimate of drug-likeness (QED) is 0.621. The van der Waals surface area contributed by atoms with E-state index in [0.717, 1.165) is 0 Å². The summed E-state index contributed by atoms with van der Waals surface area (Å²) in [5, 5.41) is 24.7. The summed E-state index contributed by atoms with van der Waals surface area (Å²) >= 11 is 3.17. The minimum Gasteiger partial charge on any atom is -0.394 e. The number of aromatic nitrogens is 2. The molecule has 0 amide bonds. The highest BCUT2D eigenvalue weighted by atomic mass is 79.9. The second-order valence-corrected chi connectivity index (χ2v) is 4.39. The zero-order chi connectivity index (χ0) is 13.5. The Kier molecular flexibility index (Phi) is 6.27. The van der Waals surface area contributed by atoms with Gasteiger partial charge in [-0.1, -0.05) is 0 Å². The Labute approximate surface area is 113 Å². The van der Waals surface area contributed by atoms with Crippen molar-refractivity contribution in [1.82, 2.24) is 9.78 Å². The molecule has 0 fully saturated rings. The summed E-state index contributed by atoms with van der Waals surface area (Å²) in [5.41, 5.74) is 0.133. The number of halogens is 1. The van der Waals surface area contributed by atoms with Gasteiger partial charge in [-0.25, -0.2) is 4.68 Å². The number of hydrogen-bond donors (Lipinski definition) is 3. The lowest BCUT2D eigenvalue weighted by atomic mass is 10.3. The van der Waals surface area contributed by atoms with Crippen LogP contribution in [-0.2, 0) is 11.3 Å². The smallest absolute Gasteiger partial charge is 0.283 e. The molecule has 1 aromatic heterocycles. The van der Waals surface area contributed by atoms with Gasteiger partial charge in [0, 0.05) is 7.11 Å². The topological polar surface area (TPSA) is 96.6 Å². The normalized spacial score (nSPS) is 10.9. The molecule has 3 N–H and O–H groups in total. The Balaban J connectivity index is 2.90. The fourth-order valence-corrected chi connectivity index (χ4v) is 1.69. The molecule has 7 nitrogen and oxygen atoms in total. The van der Waals surface area contributed by atoms with E-state index < -0.39 is 6.04 Å². The summed E-state index contributed by atoms with van der Waals surface area (Å²) in [6.45, 7) is 0.269.